The number of aryl methyl sites for hydroxylation is 1. The summed E-state index contributed by atoms with van der Waals surface area (Å²) in [7, 11) is 1.38. The van der Waals surface area contributed by atoms with Gasteiger partial charge < -0.3 is 10.1 Å². The van der Waals surface area contributed by atoms with Crippen LogP contribution in [0.2, 0.25) is 0 Å². The van der Waals surface area contributed by atoms with Crippen molar-refractivity contribution >= 4 is 22.9 Å². The van der Waals surface area contributed by atoms with Crippen molar-refractivity contribution in [2.24, 2.45) is 0 Å². The molecule has 0 radical (unpaired) electrons. The summed E-state index contributed by atoms with van der Waals surface area (Å²) in [4.78, 5) is 29.3. The molecular formula is C19H24N4O3. The molecule has 1 amide bonds. The van der Waals surface area contributed by atoms with E-state index in [0.29, 0.717) is 22.8 Å². The van der Waals surface area contributed by atoms with Crippen LogP contribution in [0, 0.1) is 6.92 Å². The van der Waals surface area contributed by atoms with Crippen LogP contribution in [0.1, 0.15) is 66.2 Å². The molecule has 2 aliphatic carbocycles. The lowest BCUT2D eigenvalue weighted by atomic mass is 10.1. The van der Waals surface area contributed by atoms with Crippen LogP contribution in [0.25, 0.3) is 11.0 Å². The Morgan fingerprint density at radius 2 is 2.00 bits per heavy atom. The topological polar surface area (TPSA) is 86.1 Å². The van der Waals surface area contributed by atoms with E-state index in [1.807, 2.05) is 6.92 Å². The molecule has 2 aromatic heterocycles. The third-order valence-corrected chi connectivity index (χ3v) is 5.24. The Morgan fingerprint density at radius 1 is 1.27 bits per heavy atom. The van der Waals surface area contributed by atoms with Gasteiger partial charge in [-0.25, -0.2) is 14.5 Å². The van der Waals surface area contributed by atoms with Crippen LogP contribution in [0.5, 0.6) is 0 Å². The standard InChI is InChI=1S/C19H24N4O3/c1-11-9-14(19(25)26-2)16-17(12-7-8-12)22-23(18(16)20-11)10-15(24)21-13-5-3-4-6-13/h9,12-13H,3-8,10H2,1-2H3,(H,21,24). The van der Waals surface area contributed by atoms with Gasteiger partial charge in [-0.2, -0.15) is 5.10 Å². The summed E-state index contributed by atoms with van der Waals surface area (Å²) in [6.07, 6.45) is 6.53. The number of esters is 1. The van der Waals surface area contributed by atoms with E-state index in [0.717, 1.165) is 36.8 Å². The Kier molecular flexibility index (Phi) is 4.38. The molecular weight excluding hydrogens is 332 g/mol. The van der Waals surface area contributed by atoms with E-state index in [4.69, 9.17) is 4.74 Å². The highest BCUT2D eigenvalue weighted by atomic mass is 16.5. The van der Waals surface area contributed by atoms with Crippen molar-refractivity contribution in [2.45, 2.75) is 64.0 Å². The second-order valence-corrected chi connectivity index (χ2v) is 7.37. The molecule has 138 valence electrons. The molecule has 0 saturated heterocycles. The third kappa shape index (κ3) is 3.18. The highest BCUT2D eigenvalue weighted by molar-refractivity contribution is 6.04. The summed E-state index contributed by atoms with van der Waals surface area (Å²) in [5.74, 6) is -0.103. The van der Waals surface area contributed by atoms with Gasteiger partial charge in [0.1, 0.15) is 6.54 Å². The van der Waals surface area contributed by atoms with Gasteiger partial charge in [0.05, 0.1) is 23.8 Å². The maximum Gasteiger partial charge on any atom is 0.338 e. The van der Waals surface area contributed by atoms with Gasteiger partial charge in [0.25, 0.3) is 0 Å². The first-order valence-corrected chi connectivity index (χ1v) is 9.32. The molecule has 0 aliphatic heterocycles. The fourth-order valence-corrected chi connectivity index (χ4v) is 3.83. The maximum absolute atomic E-state index is 12.5. The number of nitrogens with zero attached hydrogens (tertiary/aromatic N) is 3. The molecule has 2 fully saturated rings. The van der Waals surface area contributed by atoms with Gasteiger partial charge >= 0.3 is 5.97 Å². The van der Waals surface area contributed by atoms with E-state index in [9.17, 15) is 9.59 Å². The summed E-state index contributed by atoms with van der Waals surface area (Å²) >= 11 is 0. The van der Waals surface area contributed by atoms with Crippen molar-refractivity contribution in [1.29, 1.82) is 0 Å². The van der Waals surface area contributed by atoms with Crippen LogP contribution in [0.4, 0.5) is 0 Å². The van der Waals surface area contributed by atoms with Gasteiger partial charge in [0.2, 0.25) is 5.91 Å². The number of amides is 1. The Labute approximate surface area is 152 Å². The van der Waals surface area contributed by atoms with Gasteiger partial charge in [-0.15, -0.1) is 0 Å². The first-order valence-electron chi connectivity index (χ1n) is 9.32. The number of nitrogens with one attached hydrogen (secondary N) is 1. The molecule has 0 atom stereocenters. The number of pyridine rings is 1. The average molecular weight is 356 g/mol. The first kappa shape index (κ1) is 17.0. The van der Waals surface area contributed by atoms with Gasteiger partial charge in [-0.1, -0.05) is 12.8 Å². The Bertz CT molecular complexity index is 863. The van der Waals surface area contributed by atoms with Gasteiger partial charge in [-0.3, -0.25) is 4.79 Å². The van der Waals surface area contributed by atoms with Crippen molar-refractivity contribution in [3.8, 4) is 0 Å². The molecule has 2 saturated carbocycles. The van der Waals surface area contributed by atoms with Crippen molar-refractivity contribution in [1.82, 2.24) is 20.1 Å². The minimum atomic E-state index is -0.391. The number of aromatic nitrogens is 3. The number of ether oxygens (including phenoxy) is 1. The molecule has 2 heterocycles. The Morgan fingerprint density at radius 3 is 2.65 bits per heavy atom. The zero-order chi connectivity index (χ0) is 18.3. The largest absolute Gasteiger partial charge is 0.465 e. The summed E-state index contributed by atoms with van der Waals surface area (Å²) < 4.78 is 6.60. The molecule has 0 bridgehead atoms. The molecule has 0 unspecified atom stereocenters. The molecule has 7 nitrogen and oxygen atoms in total. The highest BCUT2D eigenvalue weighted by Crippen LogP contribution is 2.43. The van der Waals surface area contributed by atoms with Crippen molar-refractivity contribution in [3.05, 3.63) is 23.0 Å². The summed E-state index contributed by atoms with van der Waals surface area (Å²) in [6.45, 7) is 1.95. The lowest BCUT2D eigenvalue weighted by Crippen LogP contribution is -2.35. The third-order valence-electron chi connectivity index (χ3n) is 5.24. The summed E-state index contributed by atoms with van der Waals surface area (Å²) in [5, 5.41) is 8.49. The van der Waals surface area contributed by atoms with E-state index < -0.39 is 5.97 Å². The van der Waals surface area contributed by atoms with Crippen molar-refractivity contribution < 1.29 is 14.3 Å². The fraction of sp³-hybridized carbons (Fsp3) is 0.579. The monoisotopic (exact) mass is 356 g/mol. The quantitative estimate of drug-likeness (QED) is 0.832. The number of carbonyl (C=O) groups excluding carboxylic acids is 2. The van der Waals surface area contributed by atoms with E-state index in [1.54, 1.807) is 10.7 Å². The van der Waals surface area contributed by atoms with E-state index >= 15 is 0 Å². The van der Waals surface area contributed by atoms with Crippen LogP contribution < -0.4 is 5.32 Å². The van der Waals surface area contributed by atoms with Gasteiger partial charge in [0, 0.05) is 17.7 Å². The predicted molar refractivity (Wildman–Crippen MR) is 96.0 cm³/mol. The van der Waals surface area contributed by atoms with E-state index in [1.165, 1.54) is 20.0 Å². The number of carbonyl (C=O) groups is 2. The van der Waals surface area contributed by atoms with Crippen LogP contribution in [0.3, 0.4) is 0 Å². The lowest BCUT2D eigenvalue weighted by molar-refractivity contribution is -0.122. The van der Waals surface area contributed by atoms with E-state index in [-0.39, 0.29) is 18.5 Å². The maximum atomic E-state index is 12.5. The van der Waals surface area contributed by atoms with Crippen molar-refractivity contribution in [2.75, 3.05) is 7.11 Å². The highest BCUT2D eigenvalue weighted by Gasteiger charge is 2.32. The Balaban J connectivity index is 1.71. The predicted octanol–water partition coefficient (Wildman–Crippen LogP) is 2.46. The molecule has 2 aromatic rings. The zero-order valence-electron chi connectivity index (χ0n) is 15.2. The second-order valence-electron chi connectivity index (χ2n) is 7.37. The first-order chi connectivity index (χ1) is 12.6. The van der Waals surface area contributed by atoms with Crippen LogP contribution in [-0.4, -0.2) is 39.8 Å². The summed E-state index contributed by atoms with van der Waals surface area (Å²) in [5.41, 5.74) is 2.65. The number of methoxy groups -OCH3 is 1. The molecule has 1 N–H and O–H groups in total. The van der Waals surface area contributed by atoms with Crippen molar-refractivity contribution in [3.63, 3.8) is 0 Å². The lowest BCUT2D eigenvalue weighted by Gasteiger charge is -2.12. The normalized spacial score (nSPS) is 17.6. The molecule has 0 aromatic carbocycles. The molecule has 4 rings (SSSR count). The Hall–Kier alpha value is -2.44. The number of rotatable bonds is 5. The number of hydrogen-bond donors (Lipinski definition) is 1. The second kappa shape index (κ2) is 6.70. The number of hydrogen-bond acceptors (Lipinski definition) is 5. The summed E-state index contributed by atoms with van der Waals surface area (Å²) in [6, 6.07) is 2.01. The smallest absolute Gasteiger partial charge is 0.338 e. The van der Waals surface area contributed by atoms with Crippen LogP contribution in [-0.2, 0) is 16.1 Å². The molecule has 26 heavy (non-hydrogen) atoms. The minimum Gasteiger partial charge on any atom is -0.465 e. The van der Waals surface area contributed by atoms with Gasteiger partial charge in [-0.05, 0) is 38.7 Å². The zero-order valence-corrected chi connectivity index (χ0v) is 15.2. The minimum absolute atomic E-state index is 0.0495. The van der Waals surface area contributed by atoms with Crippen LogP contribution >= 0.6 is 0 Å². The van der Waals surface area contributed by atoms with Crippen LogP contribution in [0.15, 0.2) is 6.07 Å². The van der Waals surface area contributed by atoms with E-state index in [2.05, 4.69) is 15.4 Å². The fourth-order valence-electron chi connectivity index (χ4n) is 3.83. The molecule has 7 heteroatoms. The molecule has 2 aliphatic rings. The van der Waals surface area contributed by atoms with Gasteiger partial charge in [0.15, 0.2) is 5.65 Å². The SMILES string of the molecule is COC(=O)c1cc(C)nc2c1c(C1CC1)nn2CC(=O)NC1CCCC1. The average Bonchev–Trinajstić information content (AvgIpc) is 3.23. The molecule has 0 spiro atoms. The number of fused-ring (bicyclic) bond motifs is 1.